The molecule has 4 rings (SSSR count). The van der Waals surface area contributed by atoms with Crippen LogP contribution < -0.4 is 5.73 Å². The zero-order valence-corrected chi connectivity index (χ0v) is 13.4. The number of aromatic nitrogens is 2. The number of benzene rings is 3. The monoisotopic (exact) mass is 325 g/mol. The molecule has 3 aromatic carbocycles. The molecule has 1 amide bonds. The Labute approximate surface area is 145 Å². The van der Waals surface area contributed by atoms with Crippen molar-refractivity contribution in [3.63, 3.8) is 0 Å². The average molecular weight is 325 g/mol. The summed E-state index contributed by atoms with van der Waals surface area (Å²) in [5.41, 5.74) is 11.0. The normalized spacial score (nSPS) is 10.7. The van der Waals surface area contributed by atoms with Crippen LogP contribution in [0.2, 0.25) is 0 Å². The molecule has 25 heavy (non-hydrogen) atoms. The lowest BCUT2D eigenvalue weighted by atomic mass is 10.0. The summed E-state index contributed by atoms with van der Waals surface area (Å²) >= 11 is 0. The van der Waals surface area contributed by atoms with Gasteiger partial charge >= 0.3 is 0 Å². The van der Waals surface area contributed by atoms with Gasteiger partial charge < -0.3 is 5.73 Å². The third-order valence-corrected chi connectivity index (χ3v) is 4.06. The van der Waals surface area contributed by atoms with Crippen LogP contribution in [0.25, 0.3) is 33.5 Å². The molecule has 0 bridgehead atoms. The quantitative estimate of drug-likeness (QED) is 0.617. The van der Waals surface area contributed by atoms with Gasteiger partial charge in [0.25, 0.3) is 0 Å². The van der Waals surface area contributed by atoms with Gasteiger partial charge in [0.15, 0.2) is 0 Å². The van der Waals surface area contributed by atoms with Gasteiger partial charge in [-0.25, -0.2) is 9.97 Å². The Kier molecular flexibility index (Phi) is 3.71. The van der Waals surface area contributed by atoms with Crippen LogP contribution >= 0.6 is 0 Å². The second kappa shape index (κ2) is 6.17. The van der Waals surface area contributed by atoms with Gasteiger partial charge in [0.1, 0.15) is 0 Å². The van der Waals surface area contributed by atoms with Crippen molar-refractivity contribution in [2.75, 3.05) is 0 Å². The van der Waals surface area contributed by atoms with E-state index in [1.54, 1.807) is 12.1 Å². The van der Waals surface area contributed by atoms with E-state index in [9.17, 15) is 4.79 Å². The Bertz CT molecular complexity index is 1060. The van der Waals surface area contributed by atoms with Crippen molar-refractivity contribution in [1.29, 1.82) is 0 Å². The van der Waals surface area contributed by atoms with Crippen LogP contribution in [0.5, 0.6) is 0 Å². The number of carbonyl (C=O) groups excluding carboxylic acids is 1. The van der Waals surface area contributed by atoms with E-state index in [4.69, 9.17) is 15.7 Å². The molecule has 4 heteroatoms. The molecule has 4 nitrogen and oxygen atoms in total. The Morgan fingerprint density at radius 1 is 0.640 bits per heavy atom. The lowest BCUT2D eigenvalue weighted by Crippen LogP contribution is -2.10. The Morgan fingerprint density at radius 2 is 1.12 bits per heavy atom. The number of carbonyl (C=O) groups is 1. The molecule has 0 aliphatic rings. The minimum absolute atomic E-state index is 0.445. The summed E-state index contributed by atoms with van der Waals surface area (Å²) in [6.45, 7) is 0. The number of nitrogens with zero attached hydrogens (tertiary/aromatic N) is 2. The summed E-state index contributed by atoms with van der Waals surface area (Å²) in [6.07, 6.45) is 0. The second-order valence-electron chi connectivity index (χ2n) is 5.72. The summed E-state index contributed by atoms with van der Waals surface area (Å²) < 4.78 is 0. The first-order valence-corrected chi connectivity index (χ1v) is 7.95. The first-order valence-electron chi connectivity index (χ1n) is 7.95. The number of para-hydroxylation sites is 2. The number of rotatable bonds is 3. The first kappa shape index (κ1) is 15.0. The SMILES string of the molecule is NC(=O)c1ccc(-c2nc3ccccc3nc2-c2ccccc2)cc1. The minimum Gasteiger partial charge on any atom is -0.366 e. The maximum atomic E-state index is 11.3. The van der Waals surface area contributed by atoms with Gasteiger partial charge in [-0.3, -0.25) is 4.79 Å². The molecule has 0 saturated heterocycles. The van der Waals surface area contributed by atoms with Crippen molar-refractivity contribution < 1.29 is 4.79 Å². The zero-order chi connectivity index (χ0) is 17.2. The number of nitrogens with two attached hydrogens (primary N) is 1. The molecular weight excluding hydrogens is 310 g/mol. The fourth-order valence-electron chi connectivity index (χ4n) is 2.79. The molecule has 1 heterocycles. The van der Waals surface area contributed by atoms with Crippen molar-refractivity contribution in [2.45, 2.75) is 0 Å². The highest BCUT2D eigenvalue weighted by Crippen LogP contribution is 2.30. The largest absolute Gasteiger partial charge is 0.366 e. The summed E-state index contributed by atoms with van der Waals surface area (Å²) in [5.74, 6) is -0.445. The summed E-state index contributed by atoms with van der Waals surface area (Å²) in [6, 6.07) is 24.9. The first-order chi connectivity index (χ1) is 12.2. The van der Waals surface area contributed by atoms with Gasteiger partial charge in [0.2, 0.25) is 5.91 Å². The number of amides is 1. The molecule has 0 radical (unpaired) electrons. The van der Waals surface area contributed by atoms with Gasteiger partial charge in [0.05, 0.1) is 22.4 Å². The summed E-state index contributed by atoms with van der Waals surface area (Å²) in [5, 5.41) is 0. The fraction of sp³-hybridized carbons (Fsp3) is 0. The van der Waals surface area contributed by atoms with Gasteiger partial charge in [0, 0.05) is 16.7 Å². The molecular formula is C21H15N3O. The standard InChI is InChI=1S/C21H15N3O/c22-21(25)16-12-10-15(11-13-16)20-19(14-6-2-1-3-7-14)23-17-8-4-5-9-18(17)24-20/h1-13H,(H2,22,25). The molecule has 0 atom stereocenters. The predicted molar refractivity (Wildman–Crippen MR) is 98.9 cm³/mol. The molecule has 0 saturated carbocycles. The van der Waals surface area contributed by atoms with E-state index in [1.807, 2.05) is 66.7 Å². The number of hydrogen-bond acceptors (Lipinski definition) is 3. The van der Waals surface area contributed by atoms with Gasteiger partial charge in [-0.1, -0.05) is 54.6 Å². The van der Waals surface area contributed by atoms with E-state index in [0.29, 0.717) is 5.56 Å². The third kappa shape index (κ3) is 2.85. The molecule has 0 unspecified atom stereocenters. The van der Waals surface area contributed by atoms with E-state index in [0.717, 1.165) is 33.5 Å². The molecule has 0 aliphatic heterocycles. The summed E-state index contributed by atoms with van der Waals surface area (Å²) in [7, 11) is 0. The van der Waals surface area contributed by atoms with Crippen LogP contribution in [-0.4, -0.2) is 15.9 Å². The van der Waals surface area contributed by atoms with Crippen LogP contribution in [0.4, 0.5) is 0 Å². The molecule has 0 fully saturated rings. The van der Waals surface area contributed by atoms with E-state index >= 15 is 0 Å². The highest BCUT2D eigenvalue weighted by Gasteiger charge is 2.13. The molecule has 1 aromatic heterocycles. The van der Waals surface area contributed by atoms with Crippen molar-refractivity contribution >= 4 is 16.9 Å². The summed E-state index contributed by atoms with van der Waals surface area (Å²) in [4.78, 5) is 20.9. The maximum Gasteiger partial charge on any atom is 0.248 e. The molecule has 0 spiro atoms. The molecule has 0 aliphatic carbocycles. The van der Waals surface area contributed by atoms with E-state index in [2.05, 4.69) is 0 Å². The second-order valence-corrected chi connectivity index (χ2v) is 5.72. The van der Waals surface area contributed by atoms with Crippen molar-refractivity contribution in [3.05, 3.63) is 84.4 Å². The van der Waals surface area contributed by atoms with Gasteiger partial charge in [-0.2, -0.15) is 0 Å². The van der Waals surface area contributed by atoms with Gasteiger partial charge in [-0.15, -0.1) is 0 Å². The lowest BCUT2D eigenvalue weighted by molar-refractivity contribution is 0.100. The fourth-order valence-corrected chi connectivity index (χ4v) is 2.79. The van der Waals surface area contributed by atoms with Crippen LogP contribution in [0.3, 0.4) is 0 Å². The van der Waals surface area contributed by atoms with Crippen LogP contribution in [-0.2, 0) is 0 Å². The lowest BCUT2D eigenvalue weighted by Gasteiger charge is -2.10. The Morgan fingerprint density at radius 3 is 1.64 bits per heavy atom. The minimum atomic E-state index is -0.445. The van der Waals surface area contributed by atoms with E-state index < -0.39 is 5.91 Å². The Hall–Kier alpha value is -3.53. The number of hydrogen-bond donors (Lipinski definition) is 1. The third-order valence-electron chi connectivity index (χ3n) is 4.06. The number of fused-ring (bicyclic) bond motifs is 1. The van der Waals surface area contributed by atoms with Crippen molar-refractivity contribution in [2.24, 2.45) is 5.73 Å². The molecule has 4 aromatic rings. The van der Waals surface area contributed by atoms with Crippen molar-refractivity contribution in [3.8, 4) is 22.5 Å². The number of primary amides is 1. The highest BCUT2D eigenvalue weighted by molar-refractivity contribution is 5.94. The molecule has 120 valence electrons. The van der Waals surface area contributed by atoms with Crippen LogP contribution in [0.15, 0.2) is 78.9 Å². The maximum absolute atomic E-state index is 11.3. The van der Waals surface area contributed by atoms with Crippen LogP contribution in [0, 0.1) is 0 Å². The Balaban J connectivity index is 1.96. The predicted octanol–water partition coefficient (Wildman–Crippen LogP) is 4.06. The van der Waals surface area contributed by atoms with Crippen LogP contribution in [0.1, 0.15) is 10.4 Å². The zero-order valence-electron chi connectivity index (χ0n) is 13.4. The molecule has 2 N–H and O–H groups in total. The average Bonchev–Trinajstić information content (AvgIpc) is 2.68. The smallest absolute Gasteiger partial charge is 0.248 e. The van der Waals surface area contributed by atoms with E-state index in [-0.39, 0.29) is 0 Å². The highest BCUT2D eigenvalue weighted by atomic mass is 16.1. The van der Waals surface area contributed by atoms with E-state index in [1.165, 1.54) is 0 Å². The van der Waals surface area contributed by atoms with Gasteiger partial charge in [-0.05, 0) is 24.3 Å². The topological polar surface area (TPSA) is 68.9 Å². The van der Waals surface area contributed by atoms with Crippen molar-refractivity contribution in [1.82, 2.24) is 9.97 Å².